The van der Waals surface area contributed by atoms with Gasteiger partial charge in [0.05, 0.1) is 11.1 Å². The Hall–Kier alpha value is -1.48. The van der Waals surface area contributed by atoms with Crippen LogP contribution in [-0.4, -0.2) is 25.0 Å². The number of alkyl halides is 6. The van der Waals surface area contributed by atoms with Crippen LogP contribution in [0.25, 0.3) is 0 Å². The van der Waals surface area contributed by atoms with E-state index in [9.17, 15) is 31.1 Å². The average molecular weight is 377 g/mol. The summed E-state index contributed by atoms with van der Waals surface area (Å²) in [6, 6.07) is 0.542. The molecule has 0 bridgehead atoms. The predicted molar refractivity (Wildman–Crippen MR) is 77.1 cm³/mol. The SMILES string of the molecule is Cl.O=C(NC1CCCNC1)c1cc(C(F)(F)F)cc(C(F)(F)F)c1. The minimum atomic E-state index is -4.97. The van der Waals surface area contributed by atoms with Crippen LogP contribution in [0.3, 0.4) is 0 Å². The maximum atomic E-state index is 12.7. The van der Waals surface area contributed by atoms with Gasteiger partial charge in [0.2, 0.25) is 0 Å². The molecule has 10 heteroatoms. The summed E-state index contributed by atoms with van der Waals surface area (Å²) in [6.45, 7) is 1.19. The summed E-state index contributed by atoms with van der Waals surface area (Å²) in [7, 11) is 0. The van der Waals surface area contributed by atoms with Gasteiger partial charge in [0.25, 0.3) is 5.91 Å². The van der Waals surface area contributed by atoms with Crippen LogP contribution in [0, 0.1) is 0 Å². The van der Waals surface area contributed by atoms with Gasteiger partial charge in [-0.25, -0.2) is 0 Å². The zero-order valence-electron chi connectivity index (χ0n) is 12.2. The Labute approximate surface area is 140 Å². The van der Waals surface area contributed by atoms with Gasteiger partial charge >= 0.3 is 12.4 Å². The molecule has 0 spiro atoms. The van der Waals surface area contributed by atoms with Crippen molar-refractivity contribution in [3.63, 3.8) is 0 Å². The molecular weight excluding hydrogens is 362 g/mol. The highest BCUT2D eigenvalue weighted by atomic mass is 35.5. The molecule has 1 aliphatic heterocycles. The van der Waals surface area contributed by atoms with Crippen molar-refractivity contribution in [1.82, 2.24) is 10.6 Å². The van der Waals surface area contributed by atoms with E-state index in [1.807, 2.05) is 0 Å². The first-order valence-electron chi connectivity index (χ1n) is 6.88. The maximum Gasteiger partial charge on any atom is 0.416 e. The second-order valence-electron chi connectivity index (χ2n) is 5.31. The smallest absolute Gasteiger partial charge is 0.348 e. The number of rotatable bonds is 2. The minimum Gasteiger partial charge on any atom is -0.348 e. The van der Waals surface area contributed by atoms with Gasteiger partial charge in [-0.15, -0.1) is 12.4 Å². The highest BCUT2D eigenvalue weighted by molar-refractivity contribution is 5.94. The van der Waals surface area contributed by atoms with Crippen molar-refractivity contribution in [2.45, 2.75) is 31.2 Å². The number of carbonyl (C=O) groups is 1. The van der Waals surface area contributed by atoms with E-state index in [1.54, 1.807) is 0 Å². The molecule has 24 heavy (non-hydrogen) atoms. The molecule has 2 rings (SSSR count). The fourth-order valence-electron chi connectivity index (χ4n) is 2.33. The van der Waals surface area contributed by atoms with Crippen molar-refractivity contribution in [2.24, 2.45) is 0 Å². The summed E-state index contributed by atoms with van der Waals surface area (Å²) in [5, 5.41) is 5.44. The van der Waals surface area contributed by atoms with E-state index in [1.165, 1.54) is 0 Å². The van der Waals surface area contributed by atoms with Crippen molar-refractivity contribution in [3.05, 3.63) is 34.9 Å². The molecule has 3 nitrogen and oxygen atoms in total. The van der Waals surface area contributed by atoms with Gasteiger partial charge in [-0.2, -0.15) is 26.3 Å². The molecule has 1 saturated heterocycles. The van der Waals surface area contributed by atoms with E-state index in [0.29, 0.717) is 25.1 Å². The second-order valence-corrected chi connectivity index (χ2v) is 5.31. The number of benzene rings is 1. The third-order valence-corrected chi connectivity index (χ3v) is 3.48. The molecule has 1 fully saturated rings. The highest BCUT2D eigenvalue weighted by Gasteiger charge is 2.37. The quantitative estimate of drug-likeness (QED) is 0.774. The maximum absolute atomic E-state index is 12.7. The summed E-state index contributed by atoms with van der Waals surface area (Å²) in [4.78, 5) is 12.0. The molecule has 0 aromatic heterocycles. The van der Waals surface area contributed by atoms with Gasteiger partial charge in [0, 0.05) is 18.2 Å². The van der Waals surface area contributed by atoms with Crippen LogP contribution in [0.5, 0.6) is 0 Å². The minimum absolute atomic E-state index is 0. The second kappa shape index (κ2) is 7.60. The standard InChI is InChI=1S/C14H14F6N2O.ClH/c15-13(16,17)9-4-8(5-10(6-9)14(18,19)20)12(23)22-11-2-1-3-21-7-11;/h4-6,11,21H,1-3,7H2,(H,22,23);1H. The van der Waals surface area contributed by atoms with E-state index in [4.69, 9.17) is 0 Å². The topological polar surface area (TPSA) is 41.1 Å². The van der Waals surface area contributed by atoms with Crippen molar-refractivity contribution in [3.8, 4) is 0 Å². The number of hydrogen-bond acceptors (Lipinski definition) is 2. The molecule has 1 aromatic carbocycles. The third-order valence-electron chi connectivity index (χ3n) is 3.48. The zero-order valence-corrected chi connectivity index (χ0v) is 13.0. The van der Waals surface area contributed by atoms with E-state index in [2.05, 4.69) is 10.6 Å². The Morgan fingerprint density at radius 1 is 1.04 bits per heavy atom. The van der Waals surface area contributed by atoms with Crippen molar-refractivity contribution in [1.29, 1.82) is 0 Å². The first-order chi connectivity index (χ1) is 10.6. The lowest BCUT2D eigenvalue weighted by atomic mass is 10.0. The molecule has 1 amide bonds. The van der Waals surface area contributed by atoms with Crippen LogP contribution in [0.15, 0.2) is 18.2 Å². The summed E-state index contributed by atoms with van der Waals surface area (Å²) in [6.07, 6.45) is -8.56. The fourth-order valence-corrected chi connectivity index (χ4v) is 2.33. The van der Waals surface area contributed by atoms with E-state index in [-0.39, 0.29) is 24.5 Å². The van der Waals surface area contributed by atoms with Crippen LogP contribution in [0.1, 0.15) is 34.3 Å². The summed E-state index contributed by atoms with van der Waals surface area (Å²) in [5.41, 5.74) is -3.66. The highest BCUT2D eigenvalue weighted by Crippen LogP contribution is 2.36. The Bertz CT molecular complexity index is 549. The van der Waals surface area contributed by atoms with Gasteiger partial charge in [-0.05, 0) is 37.6 Å². The third kappa shape index (κ3) is 5.27. The Kier molecular flexibility index (Phi) is 6.52. The van der Waals surface area contributed by atoms with Crippen molar-refractivity contribution >= 4 is 18.3 Å². The van der Waals surface area contributed by atoms with Crippen LogP contribution < -0.4 is 10.6 Å². The molecule has 0 radical (unpaired) electrons. The molecule has 1 atom stereocenters. The van der Waals surface area contributed by atoms with Crippen LogP contribution in [-0.2, 0) is 12.4 Å². The summed E-state index contributed by atoms with van der Waals surface area (Å²) < 4.78 is 76.5. The van der Waals surface area contributed by atoms with Crippen molar-refractivity contribution in [2.75, 3.05) is 13.1 Å². The molecule has 1 heterocycles. The Balaban J connectivity index is 0.00000288. The van der Waals surface area contributed by atoms with E-state index in [0.717, 1.165) is 13.0 Å². The molecule has 1 aromatic rings. The molecule has 1 unspecified atom stereocenters. The van der Waals surface area contributed by atoms with Crippen LogP contribution in [0.4, 0.5) is 26.3 Å². The van der Waals surface area contributed by atoms with E-state index < -0.39 is 35.0 Å². The number of hydrogen-bond donors (Lipinski definition) is 2. The van der Waals surface area contributed by atoms with Crippen LogP contribution >= 0.6 is 12.4 Å². The molecular formula is C14H15ClF6N2O. The van der Waals surface area contributed by atoms with Gasteiger partial charge < -0.3 is 10.6 Å². The van der Waals surface area contributed by atoms with Gasteiger partial charge in [-0.3, -0.25) is 4.79 Å². The normalized spacial score (nSPS) is 18.7. The van der Waals surface area contributed by atoms with Crippen LogP contribution in [0.2, 0.25) is 0 Å². The van der Waals surface area contributed by atoms with Gasteiger partial charge in [-0.1, -0.05) is 0 Å². The predicted octanol–water partition coefficient (Wildman–Crippen LogP) is 3.63. The number of nitrogens with one attached hydrogen (secondary N) is 2. The Morgan fingerprint density at radius 3 is 2.00 bits per heavy atom. The number of amides is 1. The average Bonchev–Trinajstić information content (AvgIpc) is 2.46. The number of carbonyl (C=O) groups excluding carboxylic acids is 1. The summed E-state index contributed by atoms with van der Waals surface area (Å²) >= 11 is 0. The Morgan fingerprint density at radius 2 is 1.58 bits per heavy atom. The first kappa shape index (κ1) is 20.6. The molecule has 136 valence electrons. The lowest BCUT2D eigenvalue weighted by Gasteiger charge is -2.24. The van der Waals surface area contributed by atoms with Gasteiger partial charge in [0.1, 0.15) is 0 Å². The van der Waals surface area contributed by atoms with Crippen molar-refractivity contribution < 1.29 is 31.1 Å². The summed E-state index contributed by atoms with van der Waals surface area (Å²) in [5.74, 6) is -0.949. The lowest BCUT2D eigenvalue weighted by molar-refractivity contribution is -0.143. The van der Waals surface area contributed by atoms with Gasteiger partial charge in [0.15, 0.2) is 0 Å². The largest absolute Gasteiger partial charge is 0.416 e. The molecule has 1 aliphatic rings. The monoisotopic (exact) mass is 376 g/mol. The lowest BCUT2D eigenvalue weighted by Crippen LogP contribution is -2.45. The van der Waals surface area contributed by atoms with E-state index >= 15 is 0 Å². The molecule has 0 aliphatic carbocycles. The first-order valence-corrected chi connectivity index (χ1v) is 6.88. The molecule has 0 saturated carbocycles. The zero-order chi connectivity index (χ0) is 17.3. The fraction of sp³-hybridized carbons (Fsp3) is 0.500. The number of halogens is 7. The number of piperidine rings is 1. The molecule has 2 N–H and O–H groups in total.